The second-order valence-electron chi connectivity index (χ2n) is 3.32. The van der Waals surface area contributed by atoms with Gasteiger partial charge in [-0.2, -0.15) is 0 Å². The minimum Gasteiger partial charge on any atom is -0.465 e. The number of methoxy groups -OCH3 is 1. The highest BCUT2D eigenvalue weighted by atomic mass is 16.5. The van der Waals surface area contributed by atoms with Crippen LogP contribution in [0, 0.1) is 0 Å². The number of rotatable bonds is 3. The third-order valence-corrected chi connectivity index (χ3v) is 2.26. The zero-order valence-electron chi connectivity index (χ0n) is 8.84. The van der Waals surface area contributed by atoms with E-state index in [1.165, 1.54) is 13.3 Å². The van der Waals surface area contributed by atoms with Crippen LogP contribution in [0.15, 0.2) is 41.1 Å². The van der Waals surface area contributed by atoms with Crippen LogP contribution in [0.1, 0.15) is 21.7 Å². The first-order valence-corrected chi connectivity index (χ1v) is 4.87. The molecule has 0 bridgehead atoms. The number of carbonyl (C=O) groups is 1. The normalized spacial score (nSPS) is 10.1. The minimum absolute atomic E-state index is 0.381. The fourth-order valence-electron chi connectivity index (χ4n) is 1.45. The lowest BCUT2D eigenvalue weighted by Gasteiger charge is -1.99. The Bertz CT molecular complexity index is 476. The van der Waals surface area contributed by atoms with Crippen LogP contribution >= 0.6 is 0 Å². The van der Waals surface area contributed by atoms with E-state index in [9.17, 15) is 4.79 Å². The Morgan fingerprint density at radius 1 is 1.38 bits per heavy atom. The van der Waals surface area contributed by atoms with E-state index in [0.717, 1.165) is 5.56 Å². The summed E-state index contributed by atoms with van der Waals surface area (Å²) >= 11 is 0. The lowest BCUT2D eigenvalue weighted by Crippen LogP contribution is -2.03. The Kier molecular flexibility index (Phi) is 3.00. The molecule has 0 N–H and O–H groups in total. The molecule has 1 heterocycles. The van der Waals surface area contributed by atoms with E-state index in [0.29, 0.717) is 17.7 Å². The number of esters is 1. The summed E-state index contributed by atoms with van der Waals surface area (Å²) in [5.41, 5.74) is 1.44. The van der Waals surface area contributed by atoms with E-state index in [2.05, 4.69) is 9.89 Å². The molecule has 0 aliphatic heterocycles. The van der Waals surface area contributed by atoms with Gasteiger partial charge in [-0.1, -0.05) is 35.5 Å². The van der Waals surface area contributed by atoms with Gasteiger partial charge in [-0.05, 0) is 5.56 Å². The predicted molar refractivity (Wildman–Crippen MR) is 57.1 cm³/mol. The van der Waals surface area contributed by atoms with Crippen LogP contribution in [0.3, 0.4) is 0 Å². The van der Waals surface area contributed by atoms with Gasteiger partial charge < -0.3 is 9.26 Å². The molecule has 0 aliphatic rings. The van der Waals surface area contributed by atoms with Crippen LogP contribution in [0.5, 0.6) is 0 Å². The Hall–Kier alpha value is -2.10. The average molecular weight is 217 g/mol. The van der Waals surface area contributed by atoms with Gasteiger partial charge in [0.05, 0.1) is 13.3 Å². The summed E-state index contributed by atoms with van der Waals surface area (Å²) in [6.45, 7) is 0. The van der Waals surface area contributed by atoms with E-state index in [4.69, 9.17) is 4.52 Å². The number of hydrogen-bond donors (Lipinski definition) is 0. The molecule has 0 radical (unpaired) electrons. The van der Waals surface area contributed by atoms with Crippen LogP contribution in [0.25, 0.3) is 0 Å². The second kappa shape index (κ2) is 4.61. The first kappa shape index (κ1) is 10.4. The number of nitrogens with zero attached hydrogens (tertiary/aromatic N) is 1. The molecule has 82 valence electrons. The molecule has 0 unspecified atom stereocenters. The van der Waals surface area contributed by atoms with Crippen LogP contribution in [-0.4, -0.2) is 18.2 Å². The molecule has 2 rings (SSSR count). The molecule has 0 atom stereocenters. The number of hydrogen-bond acceptors (Lipinski definition) is 4. The van der Waals surface area contributed by atoms with Crippen LogP contribution in [0.4, 0.5) is 0 Å². The van der Waals surface area contributed by atoms with Gasteiger partial charge in [0.1, 0.15) is 5.56 Å². The van der Waals surface area contributed by atoms with E-state index in [1.807, 2.05) is 30.3 Å². The molecule has 0 saturated heterocycles. The highest BCUT2D eigenvalue weighted by Crippen LogP contribution is 2.14. The third-order valence-electron chi connectivity index (χ3n) is 2.26. The molecule has 0 fully saturated rings. The molecule has 0 amide bonds. The highest BCUT2D eigenvalue weighted by molar-refractivity contribution is 5.90. The van der Waals surface area contributed by atoms with Crippen LogP contribution in [-0.2, 0) is 11.2 Å². The zero-order valence-corrected chi connectivity index (χ0v) is 8.84. The van der Waals surface area contributed by atoms with E-state index < -0.39 is 5.97 Å². The minimum atomic E-state index is -0.424. The maximum absolute atomic E-state index is 11.4. The highest BCUT2D eigenvalue weighted by Gasteiger charge is 2.16. The van der Waals surface area contributed by atoms with Crippen molar-refractivity contribution in [1.29, 1.82) is 0 Å². The molecule has 4 heteroatoms. The molecule has 1 aromatic heterocycles. The fraction of sp³-hybridized carbons (Fsp3) is 0.167. The summed E-state index contributed by atoms with van der Waals surface area (Å²) in [7, 11) is 1.33. The summed E-state index contributed by atoms with van der Waals surface area (Å²) < 4.78 is 9.67. The maximum atomic E-state index is 11.4. The maximum Gasteiger partial charge on any atom is 0.343 e. The smallest absolute Gasteiger partial charge is 0.343 e. The van der Waals surface area contributed by atoms with Gasteiger partial charge >= 0.3 is 5.97 Å². The Labute approximate surface area is 92.8 Å². The number of ether oxygens (including phenoxy) is 1. The molecule has 2 aromatic rings. The molecule has 0 saturated carbocycles. The van der Waals surface area contributed by atoms with Gasteiger partial charge in [0.2, 0.25) is 0 Å². The zero-order chi connectivity index (χ0) is 11.4. The van der Waals surface area contributed by atoms with Crippen molar-refractivity contribution in [2.24, 2.45) is 0 Å². The fourth-order valence-corrected chi connectivity index (χ4v) is 1.45. The van der Waals surface area contributed by atoms with E-state index in [-0.39, 0.29) is 0 Å². The first-order valence-electron chi connectivity index (χ1n) is 4.87. The summed E-state index contributed by atoms with van der Waals surface area (Å²) in [5.74, 6) is 0.102. The van der Waals surface area contributed by atoms with Gasteiger partial charge in [0.15, 0.2) is 5.76 Å². The largest absolute Gasteiger partial charge is 0.465 e. The van der Waals surface area contributed by atoms with E-state index >= 15 is 0 Å². The summed E-state index contributed by atoms with van der Waals surface area (Å²) in [5, 5.41) is 3.61. The summed E-state index contributed by atoms with van der Waals surface area (Å²) in [6.07, 6.45) is 1.91. The second-order valence-corrected chi connectivity index (χ2v) is 3.32. The standard InChI is InChI=1S/C12H11NO3/c1-15-12(14)10-8-13-16-11(10)7-9-5-3-2-4-6-9/h2-6,8H,7H2,1H3. The van der Waals surface area contributed by atoms with Crippen molar-refractivity contribution in [2.45, 2.75) is 6.42 Å². The first-order chi connectivity index (χ1) is 7.81. The molecule has 16 heavy (non-hydrogen) atoms. The summed E-state index contributed by atoms with van der Waals surface area (Å²) in [6, 6.07) is 9.73. The topological polar surface area (TPSA) is 52.3 Å². The van der Waals surface area contributed by atoms with Gasteiger partial charge in [-0.3, -0.25) is 0 Å². The molecule has 1 aromatic carbocycles. The van der Waals surface area contributed by atoms with Crippen LogP contribution in [0.2, 0.25) is 0 Å². The SMILES string of the molecule is COC(=O)c1cnoc1Cc1ccccc1. The van der Waals surface area contributed by atoms with Crippen molar-refractivity contribution in [2.75, 3.05) is 7.11 Å². The van der Waals surface area contributed by atoms with Crippen molar-refractivity contribution in [3.8, 4) is 0 Å². The van der Waals surface area contributed by atoms with Gasteiger partial charge in [0, 0.05) is 6.42 Å². The van der Waals surface area contributed by atoms with Crippen molar-refractivity contribution in [3.63, 3.8) is 0 Å². The van der Waals surface area contributed by atoms with Crippen LogP contribution < -0.4 is 0 Å². The molecular weight excluding hydrogens is 206 g/mol. The van der Waals surface area contributed by atoms with Gasteiger partial charge in [-0.15, -0.1) is 0 Å². The Morgan fingerprint density at radius 3 is 2.81 bits per heavy atom. The van der Waals surface area contributed by atoms with Crippen molar-refractivity contribution in [3.05, 3.63) is 53.4 Å². The number of benzene rings is 1. The molecule has 4 nitrogen and oxygen atoms in total. The lowest BCUT2D eigenvalue weighted by atomic mass is 10.1. The molecule has 0 aliphatic carbocycles. The Morgan fingerprint density at radius 2 is 2.12 bits per heavy atom. The third kappa shape index (κ3) is 2.11. The average Bonchev–Trinajstić information content (AvgIpc) is 2.77. The summed E-state index contributed by atoms with van der Waals surface area (Å²) in [4.78, 5) is 11.4. The molecular formula is C12H11NO3. The molecule has 0 spiro atoms. The van der Waals surface area contributed by atoms with Gasteiger partial charge in [-0.25, -0.2) is 4.79 Å². The van der Waals surface area contributed by atoms with E-state index in [1.54, 1.807) is 0 Å². The lowest BCUT2D eigenvalue weighted by molar-refractivity contribution is 0.0598. The predicted octanol–water partition coefficient (Wildman–Crippen LogP) is 2.05. The van der Waals surface area contributed by atoms with Crippen molar-refractivity contribution >= 4 is 5.97 Å². The van der Waals surface area contributed by atoms with Gasteiger partial charge in [0.25, 0.3) is 0 Å². The van der Waals surface area contributed by atoms with Crippen molar-refractivity contribution in [1.82, 2.24) is 5.16 Å². The number of aromatic nitrogens is 1. The Balaban J connectivity index is 2.22. The number of carbonyl (C=O) groups excluding carboxylic acids is 1. The van der Waals surface area contributed by atoms with Crippen molar-refractivity contribution < 1.29 is 14.1 Å². The monoisotopic (exact) mass is 217 g/mol. The quantitative estimate of drug-likeness (QED) is 0.738.